The molecule has 434 valence electrons. The lowest BCUT2D eigenvalue weighted by Crippen LogP contribution is -2.45. The third kappa shape index (κ3) is 57.9. The quantitative estimate of drug-likeness (QED) is 0.0272. The zero-order valence-electron chi connectivity index (χ0n) is 49.5. The molecule has 3 atom stereocenters. The molecule has 0 bridgehead atoms. The van der Waals surface area contributed by atoms with Crippen LogP contribution < -0.4 is 10.2 Å². The number of allylic oxidation sites excluding steroid dienone is 9. The molecular formula is C65H123N2O6P. The molecule has 0 aromatic rings. The number of carbonyl (C=O) groups excluding carboxylic acids is 1. The van der Waals surface area contributed by atoms with Gasteiger partial charge >= 0.3 is 0 Å². The van der Waals surface area contributed by atoms with Gasteiger partial charge in [-0.25, -0.2) is 0 Å². The molecule has 0 aliphatic rings. The zero-order valence-corrected chi connectivity index (χ0v) is 50.4. The van der Waals surface area contributed by atoms with E-state index < -0.39 is 26.6 Å². The molecule has 0 aromatic heterocycles. The Morgan fingerprint density at radius 3 is 1.19 bits per heavy atom. The Morgan fingerprint density at radius 1 is 0.473 bits per heavy atom. The molecule has 0 saturated heterocycles. The first-order valence-corrected chi connectivity index (χ1v) is 33.1. The number of quaternary nitrogens is 1. The van der Waals surface area contributed by atoms with Gasteiger partial charge in [0.15, 0.2) is 0 Å². The van der Waals surface area contributed by atoms with E-state index in [0.29, 0.717) is 17.4 Å². The fraction of sp³-hybridized carbons (Fsp3) is 0.831. The number of rotatable bonds is 58. The van der Waals surface area contributed by atoms with Crippen molar-refractivity contribution in [3.05, 3.63) is 60.8 Å². The number of aliphatic hydroxyl groups is 1. The van der Waals surface area contributed by atoms with Gasteiger partial charge in [-0.05, 0) is 70.6 Å². The third-order valence-corrected chi connectivity index (χ3v) is 15.2. The molecule has 0 radical (unpaired) electrons. The minimum absolute atomic E-state index is 0.00730. The second-order valence-corrected chi connectivity index (χ2v) is 24.2. The highest BCUT2D eigenvalue weighted by Gasteiger charge is 2.23. The maximum atomic E-state index is 13.0. The van der Waals surface area contributed by atoms with Crippen LogP contribution in [0.4, 0.5) is 0 Å². The molecule has 1 amide bonds. The van der Waals surface area contributed by atoms with Crippen molar-refractivity contribution in [3.63, 3.8) is 0 Å². The van der Waals surface area contributed by atoms with Crippen LogP contribution in [0.3, 0.4) is 0 Å². The Morgan fingerprint density at radius 2 is 0.797 bits per heavy atom. The number of phosphoric acid groups is 1. The van der Waals surface area contributed by atoms with Gasteiger partial charge in [0.2, 0.25) is 5.91 Å². The van der Waals surface area contributed by atoms with Crippen LogP contribution in [-0.4, -0.2) is 68.5 Å². The van der Waals surface area contributed by atoms with Crippen LogP contribution in [0, 0.1) is 0 Å². The van der Waals surface area contributed by atoms with Gasteiger partial charge in [0.05, 0.1) is 39.9 Å². The summed E-state index contributed by atoms with van der Waals surface area (Å²) in [5.41, 5.74) is 0. The average molecular weight is 1060 g/mol. The largest absolute Gasteiger partial charge is 0.756 e. The van der Waals surface area contributed by atoms with Crippen LogP contribution in [0.5, 0.6) is 0 Å². The van der Waals surface area contributed by atoms with Crippen molar-refractivity contribution >= 4 is 13.7 Å². The number of nitrogens with one attached hydrogen (secondary N) is 1. The maximum absolute atomic E-state index is 13.0. The van der Waals surface area contributed by atoms with E-state index in [0.717, 1.165) is 51.4 Å². The van der Waals surface area contributed by atoms with Crippen LogP contribution in [-0.2, 0) is 18.4 Å². The lowest BCUT2D eigenvalue weighted by atomic mass is 10.0. The summed E-state index contributed by atoms with van der Waals surface area (Å²) in [5, 5.41) is 13.9. The highest BCUT2D eigenvalue weighted by atomic mass is 31.2. The molecular weight excluding hydrogens is 936 g/mol. The Labute approximate surface area is 460 Å². The van der Waals surface area contributed by atoms with Crippen molar-refractivity contribution in [2.24, 2.45) is 0 Å². The van der Waals surface area contributed by atoms with Gasteiger partial charge in [0.25, 0.3) is 7.82 Å². The van der Waals surface area contributed by atoms with Crippen molar-refractivity contribution < 1.29 is 32.9 Å². The lowest BCUT2D eigenvalue weighted by molar-refractivity contribution is -0.870. The predicted octanol–water partition coefficient (Wildman–Crippen LogP) is 19.0. The number of nitrogens with zero attached hydrogens (tertiary/aromatic N) is 1. The second kappa shape index (κ2) is 55.9. The van der Waals surface area contributed by atoms with Gasteiger partial charge < -0.3 is 28.8 Å². The van der Waals surface area contributed by atoms with Gasteiger partial charge in [0, 0.05) is 6.42 Å². The fourth-order valence-electron chi connectivity index (χ4n) is 9.24. The Hall–Kier alpha value is -1.80. The second-order valence-electron chi connectivity index (χ2n) is 22.8. The molecule has 0 aliphatic heterocycles. The van der Waals surface area contributed by atoms with E-state index in [1.807, 2.05) is 27.2 Å². The standard InChI is InChI=1S/C65H123N2O6P/c1-6-8-10-12-14-16-18-20-22-24-26-28-30-31-32-33-34-35-37-39-41-43-45-47-49-51-53-55-57-59-65(69)66-63(62-73-74(70,71)72-61-60-67(3,4)5)64(68)58-56-54-52-50-48-46-44-42-40-38-36-29-27-25-23-21-19-17-15-13-11-9-7-2/h18,20,24,26,30-31,48,50,56,58,63-64,68H,6-17,19,21-23,25,27-29,32-47,49,51-55,57,59-62H2,1-5H3,(H-,66,69,70,71)/b20-18-,26-24-,31-30-,50-48+,58-56+. The average Bonchev–Trinajstić information content (AvgIpc) is 3.36. The fourth-order valence-corrected chi connectivity index (χ4v) is 9.96. The monoisotopic (exact) mass is 1060 g/mol. The summed E-state index contributed by atoms with van der Waals surface area (Å²) in [6, 6.07) is -0.907. The molecule has 74 heavy (non-hydrogen) atoms. The number of aliphatic hydroxyl groups excluding tert-OH is 1. The minimum Gasteiger partial charge on any atom is -0.756 e. The third-order valence-electron chi connectivity index (χ3n) is 14.2. The summed E-state index contributed by atoms with van der Waals surface area (Å²) < 4.78 is 23.4. The number of amides is 1. The van der Waals surface area contributed by atoms with E-state index >= 15 is 0 Å². The molecule has 0 spiro atoms. The van der Waals surface area contributed by atoms with Crippen LogP contribution in [0.1, 0.15) is 296 Å². The minimum atomic E-state index is -4.61. The van der Waals surface area contributed by atoms with Crippen molar-refractivity contribution in [2.75, 3.05) is 40.9 Å². The molecule has 9 heteroatoms. The molecule has 2 N–H and O–H groups in total. The van der Waals surface area contributed by atoms with Crippen LogP contribution in [0.15, 0.2) is 60.8 Å². The van der Waals surface area contributed by atoms with Crippen molar-refractivity contribution in [1.82, 2.24) is 5.32 Å². The maximum Gasteiger partial charge on any atom is 0.268 e. The van der Waals surface area contributed by atoms with Gasteiger partial charge in [-0.15, -0.1) is 0 Å². The summed E-state index contributed by atoms with van der Waals surface area (Å²) in [5.74, 6) is -0.206. The number of carbonyl (C=O) groups is 1. The molecule has 0 saturated carbocycles. The Balaban J connectivity index is 4.17. The molecule has 0 heterocycles. The van der Waals surface area contributed by atoms with Gasteiger partial charge in [-0.3, -0.25) is 9.36 Å². The van der Waals surface area contributed by atoms with E-state index in [9.17, 15) is 19.4 Å². The van der Waals surface area contributed by atoms with Gasteiger partial charge in [-0.1, -0.05) is 280 Å². The molecule has 0 rings (SSSR count). The Kier molecular flexibility index (Phi) is 54.6. The summed E-state index contributed by atoms with van der Waals surface area (Å²) in [6.45, 7) is 4.65. The van der Waals surface area contributed by atoms with Crippen molar-refractivity contribution in [3.8, 4) is 0 Å². The smallest absolute Gasteiger partial charge is 0.268 e. The first kappa shape index (κ1) is 72.2. The zero-order chi connectivity index (χ0) is 54.2. The summed E-state index contributed by atoms with van der Waals surface area (Å²) >= 11 is 0. The molecule has 0 aromatic carbocycles. The Bertz CT molecular complexity index is 1390. The van der Waals surface area contributed by atoms with E-state index in [1.165, 1.54) is 225 Å². The molecule has 0 fully saturated rings. The lowest BCUT2D eigenvalue weighted by Gasteiger charge is -2.29. The summed E-state index contributed by atoms with van der Waals surface area (Å²) in [7, 11) is 1.25. The van der Waals surface area contributed by atoms with Crippen LogP contribution >= 0.6 is 7.82 Å². The first-order chi connectivity index (χ1) is 36.0. The SMILES string of the molecule is CCCCCCC/C=C\C/C=C\C/C=C\CCCCCCCCCCCCCCCCC(=O)NC(COP(=O)([O-])OCC[N+](C)(C)C)C(O)/C=C/CC/C=C/CCCCCCCCCCCCCCCCCCC. The van der Waals surface area contributed by atoms with E-state index in [2.05, 4.69) is 67.8 Å². The first-order valence-electron chi connectivity index (χ1n) is 31.7. The van der Waals surface area contributed by atoms with Crippen LogP contribution in [0.25, 0.3) is 0 Å². The molecule has 3 unspecified atom stereocenters. The topological polar surface area (TPSA) is 108 Å². The number of likely N-dealkylation sites (N-methyl/N-ethyl adjacent to an activating group) is 1. The van der Waals surface area contributed by atoms with Gasteiger partial charge in [-0.2, -0.15) is 0 Å². The highest BCUT2D eigenvalue weighted by molar-refractivity contribution is 7.45. The number of hydrogen-bond donors (Lipinski definition) is 2. The van der Waals surface area contributed by atoms with E-state index in [4.69, 9.17) is 9.05 Å². The van der Waals surface area contributed by atoms with E-state index in [-0.39, 0.29) is 12.5 Å². The summed E-state index contributed by atoms with van der Waals surface area (Å²) in [6.07, 6.45) is 76.0. The predicted molar refractivity (Wildman–Crippen MR) is 321 cm³/mol. The van der Waals surface area contributed by atoms with Crippen molar-refractivity contribution in [1.29, 1.82) is 0 Å². The molecule has 8 nitrogen and oxygen atoms in total. The summed E-state index contributed by atoms with van der Waals surface area (Å²) in [4.78, 5) is 25.6. The normalized spacial score (nSPS) is 14.2. The van der Waals surface area contributed by atoms with Crippen LogP contribution in [0.2, 0.25) is 0 Å². The van der Waals surface area contributed by atoms with Gasteiger partial charge in [0.1, 0.15) is 13.2 Å². The van der Waals surface area contributed by atoms with E-state index in [1.54, 1.807) is 6.08 Å². The molecule has 0 aliphatic carbocycles. The number of phosphoric ester groups is 1. The number of unbranched alkanes of at least 4 members (excludes halogenated alkanes) is 37. The van der Waals surface area contributed by atoms with Crippen molar-refractivity contribution in [2.45, 2.75) is 309 Å². The number of hydrogen-bond acceptors (Lipinski definition) is 6. The highest BCUT2D eigenvalue weighted by Crippen LogP contribution is 2.38.